The molecule has 2 aromatic rings. The summed E-state index contributed by atoms with van der Waals surface area (Å²) in [5.74, 6) is 0.650. The summed E-state index contributed by atoms with van der Waals surface area (Å²) in [7, 11) is -8.52. The Kier molecular flexibility index (Phi) is 9.58. The lowest BCUT2D eigenvalue weighted by molar-refractivity contribution is 0.202. The predicted molar refractivity (Wildman–Crippen MR) is 142 cm³/mol. The third-order valence-corrected chi connectivity index (χ3v) is 11.8. The van der Waals surface area contributed by atoms with Crippen LogP contribution in [-0.4, -0.2) is 26.6 Å². The minimum absolute atomic E-state index is 0.0124. The Morgan fingerprint density at radius 2 is 1.26 bits per heavy atom. The van der Waals surface area contributed by atoms with Crippen LogP contribution < -0.4 is 0 Å². The summed E-state index contributed by atoms with van der Waals surface area (Å²) >= 11 is 0. The van der Waals surface area contributed by atoms with Crippen molar-refractivity contribution in [1.82, 2.24) is 3.71 Å². The average molecular weight is 520 g/mol. The maximum atomic E-state index is 13.9. The maximum Gasteiger partial charge on any atom is 0.256 e. The smallest absolute Gasteiger partial charge is 0.206 e. The van der Waals surface area contributed by atoms with Crippen molar-refractivity contribution in [3.63, 3.8) is 0 Å². The highest BCUT2D eigenvalue weighted by Crippen LogP contribution is 2.39. The lowest BCUT2D eigenvalue weighted by atomic mass is 9.74. The summed E-state index contributed by atoms with van der Waals surface area (Å²) in [4.78, 5) is 0.0248. The molecule has 0 saturated heterocycles. The van der Waals surface area contributed by atoms with Gasteiger partial charge in [0.15, 0.2) is 0 Å². The highest BCUT2D eigenvalue weighted by molar-refractivity contribution is 8.04. The van der Waals surface area contributed by atoms with Crippen LogP contribution >= 0.6 is 0 Å². The molecule has 0 aromatic heterocycles. The van der Waals surface area contributed by atoms with Gasteiger partial charge in [-0.2, -0.15) is 0 Å². The minimum atomic E-state index is -4.26. The first-order valence-electron chi connectivity index (χ1n) is 13.0. The first kappa shape index (κ1) is 27.9. The average Bonchev–Trinajstić information content (AvgIpc) is 2.83. The van der Waals surface area contributed by atoms with E-state index in [2.05, 4.69) is 20.8 Å². The molecule has 0 aliphatic heterocycles. The number of sulfonamides is 2. The molecule has 1 fully saturated rings. The first-order chi connectivity index (χ1) is 16.6. The van der Waals surface area contributed by atoms with Gasteiger partial charge in [0, 0.05) is 6.04 Å². The molecule has 1 aliphatic rings. The predicted octanol–water partition coefficient (Wildman–Crippen LogP) is 7.01. The van der Waals surface area contributed by atoms with Crippen LogP contribution in [0.5, 0.6) is 0 Å². The van der Waals surface area contributed by atoms with Gasteiger partial charge < -0.3 is 0 Å². The monoisotopic (exact) mass is 519 g/mol. The van der Waals surface area contributed by atoms with Gasteiger partial charge in [-0.1, -0.05) is 93.0 Å². The van der Waals surface area contributed by atoms with Gasteiger partial charge in [0.2, 0.25) is 0 Å². The SMILES string of the molecule is CC(C)CCC1(C)CCCCCC(N(S(=O)(=O)c2ccccc2)S(=O)(=O)c2ccccc2)CCC1. The molecule has 0 radical (unpaired) electrons. The Hall–Kier alpha value is -1.70. The van der Waals surface area contributed by atoms with E-state index in [-0.39, 0.29) is 15.2 Å². The number of hydrogen-bond acceptors (Lipinski definition) is 4. The van der Waals surface area contributed by atoms with Crippen LogP contribution in [0.15, 0.2) is 70.5 Å². The highest BCUT2D eigenvalue weighted by atomic mass is 32.3. The van der Waals surface area contributed by atoms with Gasteiger partial charge in [0.05, 0.1) is 9.79 Å². The number of hydrogen-bond donors (Lipinski definition) is 0. The molecular weight excluding hydrogens is 478 g/mol. The summed E-state index contributed by atoms with van der Waals surface area (Å²) in [6, 6.07) is 15.3. The Morgan fingerprint density at radius 1 is 0.771 bits per heavy atom. The van der Waals surface area contributed by atoms with Crippen molar-refractivity contribution in [2.45, 2.75) is 101 Å². The summed E-state index contributed by atoms with van der Waals surface area (Å²) < 4.78 is 56.3. The molecule has 1 aliphatic carbocycles. The van der Waals surface area contributed by atoms with Crippen LogP contribution in [-0.2, 0) is 20.0 Å². The van der Waals surface area contributed by atoms with Crippen molar-refractivity contribution in [2.75, 3.05) is 0 Å². The molecule has 0 bridgehead atoms. The molecule has 2 aromatic carbocycles. The van der Waals surface area contributed by atoms with E-state index in [0.717, 1.165) is 42.2 Å². The molecule has 0 heterocycles. The molecule has 1 saturated carbocycles. The normalized spacial score (nSPS) is 22.8. The van der Waals surface area contributed by atoms with Crippen molar-refractivity contribution >= 4 is 20.0 Å². The van der Waals surface area contributed by atoms with E-state index in [9.17, 15) is 16.8 Å². The molecule has 0 amide bonds. The maximum absolute atomic E-state index is 13.9. The zero-order valence-corrected chi connectivity index (χ0v) is 23.0. The third-order valence-electron chi connectivity index (χ3n) is 7.31. The first-order valence-corrected chi connectivity index (χ1v) is 15.8. The highest BCUT2D eigenvalue weighted by Gasteiger charge is 2.42. The molecule has 5 nitrogen and oxygen atoms in total. The van der Waals surface area contributed by atoms with Crippen LogP contribution in [0.25, 0.3) is 0 Å². The van der Waals surface area contributed by atoms with Gasteiger partial charge in [-0.15, -0.1) is 0 Å². The van der Waals surface area contributed by atoms with E-state index < -0.39 is 26.1 Å². The van der Waals surface area contributed by atoms with Gasteiger partial charge in [0.1, 0.15) is 0 Å². The van der Waals surface area contributed by atoms with E-state index in [1.54, 1.807) is 36.4 Å². The topological polar surface area (TPSA) is 71.5 Å². The number of nitrogens with zero attached hydrogens (tertiary/aromatic N) is 1. The van der Waals surface area contributed by atoms with Crippen LogP contribution in [0.3, 0.4) is 0 Å². The fraction of sp³-hybridized carbons (Fsp3) is 0.571. The fourth-order valence-electron chi connectivity index (χ4n) is 5.15. The van der Waals surface area contributed by atoms with Crippen molar-refractivity contribution in [3.8, 4) is 0 Å². The van der Waals surface area contributed by atoms with Gasteiger partial charge in [-0.3, -0.25) is 0 Å². The molecule has 2 unspecified atom stereocenters. The van der Waals surface area contributed by atoms with Crippen LogP contribution in [0.2, 0.25) is 0 Å². The fourth-order valence-corrected chi connectivity index (χ4v) is 9.33. The van der Waals surface area contributed by atoms with E-state index >= 15 is 0 Å². The van der Waals surface area contributed by atoms with E-state index in [1.807, 2.05) is 0 Å². The lowest BCUT2D eigenvalue weighted by Crippen LogP contribution is -2.44. The lowest BCUT2D eigenvalue weighted by Gasteiger charge is -2.35. The van der Waals surface area contributed by atoms with Crippen molar-refractivity contribution in [2.24, 2.45) is 11.3 Å². The number of rotatable bonds is 8. The zero-order valence-electron chi connectivity index (χ0n) is 21.4. The molecule has 0 N–H and O–H groups in total. The van der Waals surface area contributed by atoms with Crippen LogP contribution in [0.1, 0.15) is 85.0 Å². The largest absolute Gasteiger partial charge is 0.256 e. The molecule has 35 heavy (non-hydrogen) atoms. The van der Waals surface area contributed by atoms with Crippen molar-refractivity contribution in [3.05, 3.63) is 60.7 Å². The summed E-state index contributed by atoms with van der Waals surface area (Å²) in [5.41, 5.74) is 0.216. The molecule has 0 spiro atoms. The second-order valence-corrected chi connectivity index (χ2v) is 14.6. The van der Waals surface area contributed by atoms with Gasteiger partial charge >= 0.3 is 0 Å². The summed E-state index contributed by atoms with van der Waals surface area (Å²) in [6.07, 6.45) is 9.29. The molecule has 7 heteroatoms. The van der Waals surface area contributed by atoms with E-state index in [1.165, 1.54) is 37.1 Å². The molecular formula is C28H41NO4S2. The Labute approximate surface area is 213 Å². The summed E-state index contributed by atoms with van der Waals surface area (Å²) in [6.45, 7) is 6.85. The van der Waals surface area contributed by atoms with Gasteiger partial charge in [0.25, 0.3) is 20.0 Å². The van der Waals surface area contributed by atoms with Crippen LogP contribution in [0.4, 0.5) is 0 Å². The standard InChI is InChI=1S/C28H41NO4S2/c1-24(2)20-23-28(3)21-12-6-7-14-25(15-13-22-28)29(34(30,31)26-16-8-4-9-17-26)35(32,33)27-18-10-5-11-19-27/h4-5,8-11,16-19,24-25H,6-7,12-15,20-23H2,1-3H3. The Balaban J connectivity index is 1.98. The Morgan fingerprint density at radius 3 is 1.77 bits per heavy atom. The van der Waals surface area contributed by atoms with Crippen molar-refractivity contribution < 1.29 is 16.8 Å². The minimum Gasteiger partial charge on any atom is -0.206 e. The second-order valence-electron chi connectivity index (χ2n) is 10.8. The van der Waals surface area contributed by atoms with Gasteiger partial charge in [-0.25, -0.2) is 16.8 Å². The number of benzene rings is 2. The van der Waals surface area contributed by atoms with Crippen LogP contribution in [0, 0.1) is 11.3 Å². The second kappa shape index (κ2) is 12.0. The van der Waals surface area contributed by atoms with Gasteiger partial charge in [-0.05, 0) is 67.7 Å². The van der Waals surface area contributed by atoms with E-state index in [4.69, 9.17) is 0 Å². The Bertz CT molecular complexity index is 1060. The third kappa shape index (κ3) is 7.17. The summed E-state index contributed by atoms with van der Waals surface area (Å²) in [5, 5.41) is 0. The van der Waals surface area contributed by atoms with E-state index in [0.29, 0.717) is 18.8 Å². The van der Waals surface area contributed by atoms with Crippen molar-refractivity contribution in [1.29, 1.82) is 0 Å². The molecule has 3 rings (SSSR count). The molecule has 194 valence electrons. The molecule has 2 atom stereocenters. The quantitative estimate of drug-likeness (QED) is 0.376. The zero-order chi connectivity index (χ0) is 25.5.